The lowest BCUT2D eigenvalue weighted by Gasteiger charge is -2.35. The summed E-state index contributed by atoms with van der Waals surface area (Å²) < 4.78 is 25.4. The Morgan fingerprint density at radius 3 is 1.12 bits per heavy atom. The molecular formula is C51H36N2O3+2. The number of hydrogen-bond acceptors (Lipinski definition) is 3. The molecular weight excluding hydrogens is 689 g/mol. The van der Waals surface area contributed by atoms with Crippen molar-refractivity contribution in [2.45, 2.75) is 33.4 Å². The molecule has 5 nitrogen and oxygen atoms in total. The Balaban J connectivity index is 1.15. The molecule has 2 aromatic heterocycles. The monoisotopic (exact) mass is 724 g/mol. The van der Waals surface area contributed by atoms with Crippen LogP contribution in [-0.4, -0.2) is 0 Å². The van der Waals surface area contributed by atoms with Crippen molar-refractivity contribution in [3.05, 3.63) is 179 Å². The normalized spacial score (nSPS) is 13.9. The third-order valence-electron chi connectivity index (χ3n) is 12.2. The van der Waals surface area contributed by atoms with Crippen LogP contribution in [0.3, 0.4) is 0 Å². The van der Waals surface area contributed by atoms with Crippen LogP contribution in [0.2, 0.25) is 0 Å². The van der Waals surface area contributed by atoms with Gasteiger partial charge in [0.25, 0.3) is 11.4 Å². The molecule has 0 radical (unpaired) electrons. The molecule has 6 heterocycles. The second-order valence-corrected chi connectivity index (χ2v) is 15.5. The Hall–Kier alpha value is -6.98. The highest BCUT2D eigenvalue weighted by Gasteiger charge is 2.75. The van der Waals surface area contributed by atoms with Crippen LogP contribution < -0.4 is 23.3 Å². The summed E-state index contributed by atoms with van der Waals surface area (Å²) >= 11 is 0. The molecule has 0 unspecified atom stereocenters. The molecule has 56 heavy (non-hydrogen) atoms. The Morgan fingerprint density at radius 2 is 0.732 bits per heavy atom. The fourth-order valence-electron chi connectivity index (χ4n) is 10.1. The molecule has 0 aliphatic carbocycles. The maximum absolute atomic E-state index is 6.99. The van der Waals surface area contributed by atoms with E-state index in [4.69, 9.17) is 14.2 Å². The Labute approximate surface area is 325 Å². The molecule has 0 amide bonds. The quantitative estimate of drug-likeness (QED) is 0.170. The van der Waals surface area contributed by atoms with E-state index in [1.165, 1.54) is 55.6 Å². The minimum atomic E-state index is -0.818. The molecule has 4 aliphatic rings. The zero-order valence-electron chi connectivity index (χ0n) is 31.5. The molecule has 0 fully saturated rings. The highest BCUT2D eigenvalue weighted by molar-refractivity contribution is 5.82. The number of rotatable bonds is 4. The highest BCUT2D eigenvalue weighted by atomic mass is 16.5. The first-order valence-electron chi connectivity index (χ1n) is 19.2. The van der Waals surface area contributed by atoms with Crippen LogP contribution in [0.15, 0.2) is 146 Å². The molecule has 266 valence electrons. The van der Waals surface area contributed by atoms with Crippen LogP contribution in [0.5, 0.6) is 34.8 Å². The molecule has 0 atom stereocenters. The summed E-state index contributed by atoms with van der Waals surface area (Å²) in [4.78, 5) is 0. The molecule has 0 N–H and O–H groups in total. The minimum absolute atomic E-state index is 0.772. The Morgan fingerprint density at radius 1 is 0.357 bits per heavy atom. The summed E-state index contributed by atoms with van der Waals surface area (Å²) in [6.45, 7) is 8.88. The first-order chi connectivity index (χ1) is 27.4. The molecule has 5 heteroatoms. The van der Waals surface area contributed by atoms with Crippen LogP contribution in [-0.2, 0) is 5.66 Å². The lowest BCUT2D eigenvalue weighted by Crippen LogP contribution is -2.74. The second-order valence-electron chi connectivity index (χ2n) is 15.5. The number of aromatic nitrogens is 2. The molecule has 12 rings (SSSR count). The van der Waals surface area contributed by atoms with Gasteiger partial charge >= 0.3 is 17.4 Å². The lowest BCUT2D eigenvalue weighted by atomic mass is 9.83. The van der Waals surface area contributed by atoms with E-state index in [9.17, 15) is 0 Å². The topological polar surface area (TPSA) is 35.5 Å². The van der Waals surface area contributed by atoms with Crippen molar-refractivity contribution < 1.29 is 23.3 Å². The number of fused-ring (bicyclic) bond motifs is 1. The largest absolute Gasteiger partial charge is 0.455 e. The maximum atomic E-state index is 6.99. The van der Waals surface area contributed by atoms with Gasteiger partial charge in [-0.2, -0.15) is 0 Å². The van der Waals surface area contributed by atoms with Crippen molar-refractivity contribution in [2.24, 2.45) is 0 Å². The van der Waals surface area contributed by atoms with Gasteiger partial charge in [0, 0.05) is 12.1 Å². The van der Waals surface area contributed by atoms with E-state index in [-0.39, 0.29) is 0 Å². The van der Waals surface area contributed by atoms with E-state index in [1.54, 1.807) is 0 Å². The number of hydrogen-bond donors (Lipinski definition) is 0. The van der Waals surface area contributed by atoms with E-state index >= 15 is 0 Å². The Bertz CT molecular complexity index is 2790. The molecule has 4 aliphatic heterocycles. The minimum Gasteiger partial charge on any atom is -0.455 e. The van der Waals surface area contributed by atoms with Gasteiger partial charge in [0.05, 0.1) is 12.1 Å². The van der Waals surface area contributed by atoms with Crippen LogP contribution in [0, 0.1) is 27.7 Å². The predicted molar refractivity (Wildman–Crippen MR) is 218 cm³/mol. The van der Waals surface area contributed by atoms with E-state index in [0.29, 0.717) is 0 Å². The van der Waals surface area contributed by atoms with Crippen molar-refractivity contribution in [2.75, 3.05) is 0 Å². The molecule has 6 aromatic carbocycles. The lowest BCUT2D eigenvalue weighted by molar-refractivity contribution is -0.943. The molecule has 0 bridgehead atoms. The van der Waals surface area contributed by atoms with Crippen molar-refractivity contribution in [1.82, 2.24) is 0 Å². The molecule has 0 saturated carbocycles. The number of benzene rings is 6. The van der Waals surface area contributed by atoms with Gasteiger partial charge in [0.15, 0.2) is 22.6 Å². The predicted octanol–water partition coefficient (Wildman–Crippen LogP) is 11.8. The summed E-state index contributed by atoms with van der Waals surface area (Å²) in [5.41, 5.74) is 17.6. The van der Waals surface area contributed by atoms with Gasteiger partial charge in [-0.05, 0) is 119 Å². The third kappa shape index (κ3) is 4.04. The van der Waals surface area contributed by atoms with Gasteiger partial charge in [-0.3, -0.25) is 0 Å². The average molecular weight is 725 g/mol. The van der Waals surface area contributed by atoms with E-state index < -0.39 is 5.66 Å². The summed E-state index contributed by atoms with van der Waals surface area (Å²) in [5.74, 6) is 4.66. The van der Waals surface area contributed by atoms with E-state index in [0.717, 1.165) is 68.4 Å². The van der Waals surface area contributed by atoms with Crippen LogP contribution in [0.1, 0.15) is 33.4 Å². The zero-order valence-corrected chi connectivity index (χ0v) is 31.5. The van der Waals surface area contributed by atoms with Gasteiger partial charge < -0.3 is 14.2 Å². The third-order valence-corrected chi connectivity index (χ3v) is 12.2. The first kappa shape index (κ1) is 31.4. The summed E-state index contributed by atoms with van der Waals surface area (Å²) in [5, 5.41) is 0. The molecule has 1 spiro atoms. The van der Waals surface area contributed by atoms with Crippen molar-refractivity contribution in [3.63, 3.8) is 0 Å². The standard InChI is InChI=1S/C51H36N2O3/c1-29-21-35(33-13-7-5-8-14-33)22-30(2)47(29)37-25-39-40-26-38(48-31(3)23-36(24-32(48)4)34-15-9-6-10-16-34)28-46-53(40)51-49-41(54-42-18-12-20-44(56-46)50(42)51)17-11-19-43(49)55-45(27-37)52(39)51/h5-28H,1-4H3/q+2. The number of aryl methyl sites for hydroxylation is 4. The van der Waals surface area contributed by atoms with Crippen LogP contribution in [0.4, 0.5) is 0 Å². The van der Waals surface area contributed by atoms with Crippen LogP contribution in [0.25, 0.3) is 55.9 Å². The van der Waals surface area contributed by atoms with Crippen molar-refractivity contribution >= 4 is 0 Å². The highest BCUT2D eigenvalue weighted by Crippen LogP contribution is 2.60. The smallest absolute Gasteiger partial charge is 0.437 e. The van der Waals surface area contributed by atoms with Crippen molar-refractivity contribution in [1.29, 1.82) is 0 Å². The van der Waals surface area contributed by atoms with Gasteiger partial charge in [0.1, 0.15) is 11.5 Å². The van der Waals surface area contributed by atoms with Gasteiger partial charge in [-0.25, -0.2) is 0 Å². The van der Waals surface area contributed by atoms with Crippen LogP contribution >= 0.6 is 0 Å². The number of nitrogens with zero attached hydrogens (tertiary/aromatic N) is 2. The van der Waals surface area contributed by atoms with E-state index in [1.807, 2.05) is 12.1 Å². The number of pyridine rings is 2. The summed E-state index contributed by atoms with van der Waals surface area (Å²) in [6.07, 6.45) is 0. The molecule has 8 aromatic rings. The zero-order chi connectivity index (χ0) is 37.4. The Kier molecular flexibility index (Phi) is 6.19. The second kappa shape index (κ2) is 11.0. The maximum Gasteiger partial charge on any atom is 0.437 e. The average Bonchev–Trinajstić information content (AvgIpc) is 3.49. The fourth-order valence-corrected chi connectivity index (χ4v) is 10.1. The summed E-state index contributed by atoms with van der Waals surface area (Å²) in [7, 11) is 0. The first-order valence-corrected chi connectivity index (χ1v) is 19.2. The summed E-state index contributed by atoms with van der Waals surface area (Å²) in [6, 6.07) is 51.9. The van der Waals surface area contributed by atoms with Gasteiger partial charge in [0.2, 0.25) is 0 Å². The fraction of sp³-hybridized carbons (Fsp3) is 0.0980. The van der Waals surface area contributed by atoms with Gasteiger partial charge in [-0.15, -0.1) is 0 Å². The number of ether oxygens (including phenoxy) is 3. The van der Waals surface area contributed by atoms with E-state index in [2.05, 4.69) is 170 Å². The van der Waals surface area contributed by atoms with Crippen molar-refractivity contribution in [3.8, 4) is 90.7 Å². The van der Waals surface area contributed by atoms with Gasteiger partial charge in [-0.1, -0.05) is 106 Å². The molecule has 0 saturated heterocycles. The SMILES string of the molecule is Cc1cc(-c2ccccc2)cc(C)c1-c1cc2[n+]3c(c1)-c1cc(-c4c(C)cc(-c5ccccc5)cc4C)cc4[n+]1C31c3c(cccc3O2)Oc2cccc(c21)O4.